The Morgan fingerprint density at radius 3 is 2.61 bits per heavy atom. The molecule has 2 rings (SSSR count). The molecule has 0 saturated carbocycles. The van der Waals surface area contributed by atoms with Gasteiger partial charge in [0.1, 0.15) is 12.4 Å². The molecular formula is C17H28N2O3S. The van der Waals surface area contributed by atoms with E-state index in [1.807, 2.05) is 12.1 Å². The largest absolute Gasteiger partial charge is 0.492 e. The van der Waals surface area contributed by atoms with Crippen molar-refractivity contribution in [1.82, 2.24) is 10.0 Å². The lowest BCUT2D eigenvalue weighted by atomic mass is 10.00. The first-order valence-electron chi connectivity index (χ1n) is 8.37. The van der Waals surface area contributed by atoms with E-state index in [9.17, 15) is 8.42 Å². The third-order valence-electron chi connectivity index (χ3n) is 4.27. The van der Waals surface area contributed by atoms with Crippen molar-refractivity contribution in [2.24, 2.45) is 0 Å². The van der Waals surface area contributed by atoms with Crippen LogP contribution in [0, 0.1) is 0 Å². The van der Waals surface area contributed by atoms with Crippen LogP contribution in [0.15, 0.2) is 24.3 Å². The van der Waals surface area contributed by atoms with E-state index in [-0.39, 0.29) is 17.8 Å². The average Bonchev–Trinajstić information content (AvgIpc) is 2.54. The Kier molecular flexibility index (Phi) is 6.44. The molecule has 2 N–H and O–H groups in total. The van der Waals surface area contributed by atoms with Gasteiger partial charge >= 0.3 is 0 Å². The average molecular weight is 340 g/mol. The molecule has 6 heteroatoms. The minimum atomic E-state index is -3.20. The Morgan fingerprint density at radius 1 is 1.30 bits per heavy atom. The quantitative estimate of drug-likeness (QED) is 0.799. The van der Waals surface area contributed by atoms with Crippen LogP contribution >= 0.6 is 0 Å². The zero-order chi connectivity index (χ0) is 16.9. The first-order chi connectivity index (χ1) is 10.9. The number of ether oxygens (including phenoxy) is 1. The molecule has 1 aliphatic heterocycles. The summed E-state index contributed by atoms with van der Waals surface area (Å²) >= 11 is 0. The molecule has 1 aromatic rings. The van der Waals surface area contributed by atoms with Crippen LogP contribution in [0.25, 0.3) is 0 Å². The lowest BCUT2D eigenvalue weighted by Gasteiger charge is -2.32. The molecule has 0 amide bonds. The zero-order valence-electron chi connectivity index (χ0n) is 14.2. The second-order valence-corrected chi connectivity index (χ2v) is 8.41. The van der Waals surface area contributed by atoms with Crippen LogP contribution in [0.3, 0.4) is 0 Å². The number of piperidine rings is 1. The van der Waals surface area contributed by atoms with Crippen LogP contribution < -0.4 is 14.8 Å². The lowest BCUT2D eigenvalue weighted by molar-refractivity contribution is 0.213. The summed E-state index contributed by atoms with van der Waals surface area (Å²) < 4.78 is 32.3. The normalized spacial score (nSPS) is 22.3. The summed E-state index contributed by atoms with van der Waals surface area (Å²) in [7, 11) is -3.20. The van der Waals surface area contributed by atoms with E-state index < -0.39 is 10.0 Å². The first kappa shape index (κ1) is 18.2. The summed E-state index contributed by atoms with van der Waals surface area (Å²) in [4.78, 5) is 0. The van der Waals surface area contributed by atoms with Crippen LogP contribution in [0.1, 0.15) is 45.1 Å². The van der Waals surface area contributed by atoms with Crippen molar-refractivity contribution in [3.63, 3.8) is 0 Å². The minimum Gasteiger partial charge on any atom is -0.492 e. The number of rotatable bonds is 7. The van der Waals surface area contributed by atoms with Gasteiger partial charge in [-0.2, -0.15) is 0 Å². The standard InChI is InChI=1S/C17H28N2O3S/c1-4-23(20,21)19-16-6-5-11-18-17(16)12-22-15-9-7-14(8-10-15)13(2)3/h7-10,13,16-19H,4-6,11-12H2,1-3H3/t16-,17+/m1/s1. The van der Waals surface area contributed by atoms with E-state index in [0.29, 0.717) is 12.5 Å². The van der Waals surface area contributed by atoms with Gasteiger partial charge in [0.2, 0.25) is 10.0 Å². The Labute approximate surface area is 139 Å². The Balaban J connectivity index is 1.94. The highest BCUT2D eigenvalue weighted by Gasteiger charge is 2.28. The van der Waals surface area contributed by atoms with Crippen molar-refractivity contribution in [3.8, 4) is 5.75 Å². The summed E-state index contributed by atoms with van der Waals surface area (Å²) in [6, 6.07) is 7.99. The maximum Gasteiger partial charge on any atom is 0.211 e. The predicted octanol–water partition coefficient (Wildman–Crippen LogP) is 2.25. The highest BCUT2D eigenvalue weighted by Crippen LogP contribution is 2.19. The monoisotopic (exact) mass is 340 g/mol. The highest BCUT2D eigenvalue weighted by atomic mass is 32.2. The Bertz CT molecular complexity index is 584. The molecule has 0 spiro atoms. The van der Waals surface area contributed by atoms with Crippen LogP contribution in [-0.4, -0.2) is 39.4 Å². The lowest BCUT2D eigenvalue weighted by Crippen LogP contribution is -2.56. The molecule has 1 fully saturated rings. The van der Waals surface area contributed by atoms with Crippen LogP contribution in [-0.2, 0) is 10.0 Å². The van der Waals surface area contributed by atoms with Crippen molar-refractivity contribution < 1.29 is 13.2 Å². The van der Waals surface area contributed by atoms with Gasteiger partial charge in [0.25, 0.3) is 0 Å². The maximum absolute atomic E-state index is 11.8. The molecule has 0 bridgehead atoms. The van der Waals surface area contributed by atoms with Gasteiger partial charge in [-0.05, 0) is 49.9 Å². The van der Waals surface area contributed by atoms with Gasteiger partial charge in [0.15, 0.2) is 0 Å². The molecule has 23 heavy (non-hydrogen) atoms. The van der Waals surface area contributed by atoms with Gasteiger partial charge in [-0.1, -0.05) is 26.0 Å². The molecule has 2 atom stereocenters. The smallest absolute Gasteiger partial charge is 0.211 e. The van der Waals surface area contributed by atoms with Gasteiger partial charge in [-0.3, -0.25) is 0 Å². The fourth-order valence-corrected chi connectivity index (χ4v) is 3.63. The van der Waals surface area contributed by atoms with Crippen molar-refractivity contribution in [3.05, 3.63) is 29.8 Å². The van der Waals surface area contributed by atoms with Crippen molar-refractivity contribution in [1.29, 1.82) is 0 Å². The van der Waals surface area contributed by atoms with Crippen LogP contribution in [0.2, 0.25) is 0 Å². The van der Waals surface area contributed by atoms with Gasteiger partial charge in [-0.25, -0.2) is 13.1 Å². The maximum atomic E-state index is 11.8. The molecule has 130 valence electrons. The third kappa shape index (κ3) is 5.48. The summed E-state index contributed by atoms with van der Waals surface area (Å²) in [5.41, 5.74) is 1.28. The fraction of sp³-hybridized carbons (Fsp3) is 0.647. The molecular weight excluding hydrogens is 312 g/mol. The molecule has 1 heterocycles. The second kappa shape index (κ2) is 8.13. The van der Waals surface area contributed by atoms with Crippen LogP contribution in [0.5, 0.6) is 5.75 Å². The van der Waals surface area contributed by atoms with Crippen molar-refractivity contribution in [2.45, 2.75) is 51.6 Å². The summed E-state index contributed by atoms with van der Waals surface area (Å²) in [5.74, 6) is 1.42. The number of benzene rings is 1. The van der Waals surface area contributed by atoms with Crippen molar-refractivity contribution in [2.75, 3.05) is 18.9 Å². The SMILES string of the molecule is CCS(=O)(=O)N[C@@H]1CCCN[C@H]1COc1ccc(C(C)C)cc1. The zero-order valence-corrected chi connectivity index (χ0v) is 15.0. The minimum absolute atomic E-state index is 0.00477. The summed E-state index contributed by atoms with van der Waals surface area (Å²) in [6.45, 7) is 7.32. The Hall–Kier alpha value is -1.11. The number of hydrogen-bond acceptors (Lipinski definition) is 4. The van der Waals surface area contributed by atoms with E-state index in [1.54, 1.807) is 6.92 Å². The van der Waals surface area contributed by atoms with E-state index in [4.69, 9.17) is 4.74 Å². The number of sulfonamides is 1. The van der Waals surface area contributed by atoms with Gasteiger partial charge in [0.05, 0.1) is 11.8 Å². The molecule has 0 aromatic heterocycles. The number of hydrogen-bond donors (Lipinski definition) is 2. The molecule has 1 aromatic carbocycles. The molecule has 0 aliphatic carbocycles. The van der Waals surface area contributed by atoms with E-state index in [0.717, 1.165) is 25.1 Å². The van der Waals surface area contributed by atoms with E-state index in [1.165, 1.54) is 5.56 Å². The van der Waals surface area contributed by atoms with Gasteiger partial charge in [-0.15, -0.1) is 0 Å². The van der Waals surface area contributed by atoms with Crippen molar-refractivity contribution >= 4 is 10.0 Å². The number of nitrogens with one attached hydrogen (secondary N) is 2. The second-order valence-electron chi connectivity index (χ2n) is 6.37. The molecule has 1 aliphatic rings. The molecule has 1 saturated heterocycles. The third-order valence-corrected chi connectivity index (χ3v) is 5.69. The summed E-state index contributed by atoms with van der Waals surface area (Å²) in [5, 5.41) is 3.36. The molecule has 0 radical (unpaired) electrons. The topological polar surface area (TPSA) is 67.4 Å². The summed E-state index contributed by atoms with van der Waals surface area (Å²) in [6.07, 6.45) is 1.81. The highest BCUT2D eigenvalue weighted by molar-refractivity contribution is 7.89. The fourth-order valence-electron chi connectivity index (χ4n) is 2.72. The first-order valence-corrected chi connectivity index (χ1v) is 10.0. The van der Waals surface area contributed by atoms with E-state index >= 15 is 0 Å². The van der Waals surface area contributed by atoms with Crippen LogP contribution in [0.4, 0.5) is 0 Å². The van der Waals surface area contributed by atoms with Gasteiger partial charge < -0.3 is 10.1 Å². The predicted molar refractivity (Wildman–Crippen MR) is 93.4 cm³/mol. The molecule has 5 nitrogen and oxygen atoms in total. The molecule has 0 unspecified atom stereocenters. The van der Waals surface area contributed by atoms with Gasteiger partial charge in [0, 0.05) is 6.04 Å². The van der Waals surface area contributed by atoms with E-state index in [2.05, 4.69) is 36.0 Å². The Morgan fingerprint density at radius 2 is 2.00 bits per heavy atom.